The van der Waals surface area contributed by atoms with Crippen molar-refractivity contribution in [3.63, 3.8) is 0 Å². The van der Waals surface area contributed by atoms with E-state index in [1.54, 1.807) is 0 Å². The Labute approximate surface area is 114 Å². The standard InChI is InChI=1S/C12H15ClF3N3/c1-3-8-5-4-7(2)19(8)10-6-9(12(14,15)16)17-11(13)18-10/h6-8H,3-5H2,1-2H3. The van der Waals surface area contributed by atoms with Crippen LogP contribution in [0.4, 0.5) is 19.0 Å². The van der Waals surface area contributed by atoms with Gasteiger partial charge in [-0.1, -0.05) is 6.92 Å². The average Bonchev–Trinajstić information content (AvgIpc) is 2.68. The van der Waals surface area contributed by atoms with Crippen molar-refractivity contribution < 1.29 is 13.2 Å². The maximum Gasteiger partial charge on any atom is 0.433 e. The highest BCUT2D eigenvalue weighted by Crippen LogP contribution is 2.35. The second kappa shape index (κ2) is 5.15. The Morgan fingerprint density at radius 1 is 1.37 bits per heavy atom. The third-order valence-electron chi connectivity index (χ3n) is 3.50. The van der Waals surface area contributed by atoms with Gasteiger partial charge in [0.05, 0.1) is 0 Å². The molecule has 0 aliphatic carbocycles. The molecule has 1 saturated heterocycles. The van der Waals surface area contributed by atoms with Gasteiger partial charge in [-0.05, 0) is 37.8 Å². The van der Waals surface area contributed by atoms with E-state index in [9.17, 15) is 13.2 Å². The quantitative estimate of drug-likeness (QED) is 0.774. The van der Waals surface area contributed by atoms with E-state index in [2.05, 4.69) is 9.97 Å². The summed E-state index contributed by atoms with van der Waals surface area (Å²) in [6.07, 6.45) is -1.73. The Bertz CT molecular complexity index is 464. The topological polar surface area (TPSA) is 29.0 Å². The smallest absolute Gasteiger partial charge is 0.351 e. The van der Waals surface area contributed by atoms with E-state index in [-0.39, 0.29) is 23.2 Å². The molecule has 2 atom stereocenters. The molecular formula is C12H15ClF3N3. The molecule has 2 unspecified atom stereocenters. The van der Waals surface area contributed by atoms with Crippen LogP contribution in [0.25, 0.3) is 0 Å². The SMILES string of the molecule is CCC1CCC(C)N1c1cc(C(F)(F)F)nc(Cl)n1. The zero-order valence-corrected chi connectivity index (χ0v) is 11.5. The molecule has 0 aromatic carbocycles. The number of halogens is 4. The molecular weight excluding hydrogens is 279 g/mol. The number of aromatic nitrogens is 2. The van der Waals surface area contributed by atoms with E-state index in [4.69, 9.17) is 11.6 Å². The van der Waals surface area contributed by atoms with Gasteiger partial charge in [-0.15, -0.1) is 0 Å². The molecule has 1 aromatic rings. The van der Waals surface area contributed by atoms with E-state index in [0.29, 0.717) is 0 Å². The van der Waals surface area contributed by atoms with Gasteiger partial charge in [0.1, 0.15) is 5.82 Å². The Balaban J connectivity index is 2.42. The lowest BCUT2D eigenvalue weighted by molar-refractivity contribution is -0.141. The van der Waals surface area contributed by atoms with Crippen LogP contribution in [-0.2, 0) is 6.18 Å². The van der Waals surface area contributed by atoms with Gasteiger partial charge in [0.25, 0.3) is 0 Å². The molecule has 0 spiro atoms. The molecule has 2 rings (SSSR count). The van der Waals surface area contributed by atoms with Crippen LogP contribution >= 0.6 is 11.6 Å². The molecule has 7 heteroatoms. The number of hydrogen-bond acceptors (Lipinski definition) is 3. The summed E-state index contributed by atoms with van der Waals surface area (Å²) in [5.74, 6) is 0.268. The minimum absolute atomic E-state index is 0.164. The molecule has 0 bridgehead atoms. The summed E-state index contributed by atoms with van der Waals surface area (Å²) in [6.45, 7) is 4.00. The number of hydrogen-bond donors (Lipinski definition) is 0. The molecule has 0 saturated carbocycles. The molecule has 1 fully saturated rings. The summed E-state index contributed by atoms with van der Waals surface area (Å²) in [5, 5.41) is -0.362. The van der Waals surface area contributed by atoms with Crippen molar-refractivity contribution in [1.29, 1.82) is 0 Å². The molecule has 19 heavy (non-hydrogen) atoms. The van der Waals surface area contributed by atoms with E-state index in [0.717, 1.165) is 25.3 Å². The van der Waals surface area contributed by atoms with Crippen molar-refractivity contribution >= 4 is 17.4 Å². The van der Waals surface area contributed by atoms with Crippen LogP contribution in [0.5, 0.6) is 0 Å². The second-order valence-electron chi connectivity index (χ2n) is 4.77. The van der Waals surface area contributed by atoms with Crippen LogP contribution in [0.3, 0.4) is 0 Å². The van der Waals surface area contributed by atoms with Crippen LogP contribution in [-0.4, -0.2) is 22.1 Å². The number of nitrogens with zero attached hydrogens (tertiary/aromatic N) is 3. The van der Waals surface area contributed by atoms with E-state index in [1.165, 1.54) is 0 Å². The largest absolute Gasteiger partial charge is 0.433 e. The van der Waals surface area contributed by atoms with Crippen LogP contribution in [0.15, 0.2) is 6.07 Å². The van der Waals surface area contributed by atoms with Gasteiger partial charge in [0, 0.05) is 18.2 Å². The molecule has 0 N–H and O–H groups in total. The number of alkyl halides is 3. The zero-order chi connectivity index (χ0) is 14.2. The molecule has 1 aliphatic rings. The second-order valence-corrected chi connectivity index (χ2v) is 5.11. The van der Waals surface area contributed by atoms with Crippen LogP contribution in [0, 0.1) is 0 Å². The third-order valence-corrected chi connectivity index (χ3v) is 3.67. The van der Waals surface area contributed by atoms with E-state index in [1.807, 2.05) is 18.7 Å². The molecule has 2 heterocycles. The van der Waals surface area contributed by atoms with Gasteiger partial charge in [0.15, 0.2) is 5.69 Å². The Hall–Kier alpha value is -1.04. The summed E-state index contributed by atoms with van der Waals surface area (Å²) >= 11 is 5.62. The third kappa shape index (κ3) is 2.94. The lowest BCUT2D eigenvalue weighted by atomic mass is 10.1. The van der Waals surface area contributed by atoms with Crippen molar-refractivity contribution in [2.75, 3.05) is 4.90 Å². The summed E-state index contributed by atoms with van der Waals surface area (Å²) < 4.78 is 38.2. The van der Waals surface area contributed by atoms with Gasteiger partial charge in [0.2, 0.25) is 5.28 Å². The number of rotatable bonds is 2. The maximum atomic E-state index is 12.7. The van der Waals surface area contributed by atoms with Crippen LogP contribution in [0.2, 0.25) is 5.28 Å². The van der Waals surface area contributed by atoms with Gasteiger partial charge in [-0.2, -0.15) is 13.2 Å². The van der Waals surface area contributed by atoms with E-state index < -0.39 is 11.9 Å². The minimum Gasteiger partial charge on any atom is -0.351 e. The van der Waals surface area contributed by atoms with Crippen molar-refractivity contribution in [3.05, 3.63) is 17.0 Å². The highest BCUT2D eigenvalue weighted by Gasteiger charge is 2.36. The van der Waals surface area contributed by atoms with Crippen molar-refractivity contribution in [1.82, 2.24) is 9.97 Å². The Morgan fingerprint density at radius 2 is 2.05 bits per heavy atom. The summed E-state index contributed by atoms with van der Waals surface area (Å²) in [6, 6.07) is 1.36. The molecule has 1 aromatic heterocycles. The van der Waals surface area contributed by atoms with Crippen LogP contribution in [0.1, 0.15) is 38.8 Å². The zero-order valence-electron chi connectivity index (χ0n) is 10.7. The molecule has 0 radical (unpaired) electrons. The Morgan fingerprint density at radius 3 is 2.63 bits per heavy atom. The highest BCUT2D eigenvalue weighted by molar-refractivity contribution is 6.28. The lowest BCUT2D eigenvalue weighted by Crippen LogP contribution is -2.35. The first kappa shape index (κ1) is 14.4. The molecule has 0 amide bonds. The van der Waals surface area contributed by atoms with Gasteiger partial charge >= 0.3 is 6.18 Å². The molecule has 1 aliphatic heterocycles. The fourth-order valence-electron chi connectivity index (χ4n) is 2.57. The molecule has 3 nitrogen and oxygen atoms in total. The first-order valence-corrected chi connectivity index (χ1v) is 6.60. The Kier molecular flexibility index (Phi) is 3.90. The van der Waals surface area contributed by atoms with Crippen molar-refractivity contribution in [3.8, 4) is 0 Å². The van der Waals surface area contributed by atoms with Crippen molar-refractivity contribution in [2.45, 2.75) is 51.4 Å². The highest BCUT2D eigenvalue weighted by atomic mass is 35.5. The maximum absolute atomic E-state index is 12.7. The average molecular weight is 294 g/mol. The predicted octanol–water partition coefficient (Wildman–Crippen LogP) is 3.92. The first-order valence-electron chi connectivity index (χ1n) is 6.23. The fraction of sp³-hybridized carbons (Fsp3) is 0.667. The van der Waals surface area contributed by atoms with Gasteiger partial charge < -0.3 is 4.90 Å². The van der Waals surface area contributed by atoms with Gasteiger partial charge in [-0.25, -0.2) is 9.97 Å². The lowest BCUT2D eigenvalue weighted by Gasteiger charge is -2.29. The monoisotopic (exact) mass is 293 g/mol. The predicted molar refractivity (Wildman–Crippen MR) is 67.3 cm³/mol. The van der Waals surface area contributed by atoms with Crippen molar-refractivity contribution in [2.24, 2.45) is 0 Å². The first-order chi connectivity index (χ1) is 8.82. The number of anilines is 1. The van der Waals surface area contributed by atoms with Gasteiger partial charge in [-0.3, -0.25) is 0 Å². The summed E-state index contributed by atoms with van der Waals surface area (Å²) in [5.41, 5.74) is -0.989. The molecule has 106 valence electrons. The summed E-state index contributed by atoms with van der Waals surface area (Å²) in [4.78, 5) is 9.13. The van der Waals surface area contributed by atoms with Crippen LogP contribution < -0.4 is 4.90 Å². The fourth-order valence-corrected chi connectivity index (χ4v) is 2.75. The van der Waals surface area contributed by atoms with E-state index >= 15 is 0 Å². The minimum atomic E-state index is -4.51. The normalized spacial score (nSPS) is 24.0. The summed E-state index contributed by atoms with van der Waals surface area (Å²) in [7, 11) is 0.